The van der Waals surface area contributed by atoms with Crippen LogP contribution in [-0.4, -0.2) is 37.0 Å². The van der Waals surface area contributed by atoms with Gasteiger partial charge in [0.1, 0.15) is 5.92 Å². The lowest BCUT2D eigenvalue weighted by Gasteiger charge is -2.31. The minimum absolute atomic E-state index is 0.1000. The second-order valence-electron chi connectivity index (χ2n) is 6.31. The van der Waals surface area contributed by atoms with Crippen LogP contribution in [0.2, 0.25) is 0 Å². The van der Waals surface area contributed by atoms with Crippen LogP contribution in [0.5, 0.6) is 0 Å². The van der Waals surface area contributed by atoms with Crippen LogP contribution >= 0.6 is 15.9 Å². The molecular weight excluding hydrogens is 358 g/mol. The molecule has 23 heavy (non-hydrogen) atoms. The summed E-state index contributed by atoms with van der Waals surface area (Å²) in [5.41, 5.74) is 0.840. The summed E-state index contributed by atoms with van der Waals surface area (Å²) in [7, 11) is 0. The number of amides is 2. The van der Waals surface area contributed by atoms with Gasteiger partial charge in [-0.3, -0.25) is 9.59 Å². The highest BCUT2D eigenvalue weighted by Crippen LogP contribution is 2.27. The van der Waals surface area contributed by atoms with E-state index in [-0.39, 0.29) is 23.9 Å². The smallest absolute Gasteiger partial charge is 0.239 e. The lowest BCUT2D eigenvalue weighted by molar-refractivity contribution is -0.132. The van der Waals surface area contributed by atoms with Gasteiger partial charge in [0.25, 0.3) is 0 Å². The van der Waals surface area contributed by atoms with Crippen LogP contribution in [0.1, 0.15) is 26.2 Å². The number of carbonyl (C=O) groups excluding carboxylic acids is 2. The Morgan fingerprint density at radius 1 is 1.39 bits per heavy atom. The van der Waals surface area contributed by atoms with Crippen LogP contribution in [0.4, 0.5) is 5.69 Å². The Bertz CT molecular complexity index is 607. The number of piperidine rings is 1. The molecule has 1 aromatic rings. The highest BCUT2D eigenvalue weighted by Gasteiger charge is 2.38. The molecule has 2 amide bonds. The normalized spacial score (nSPS) is 28.0. The summed E-state index contributed by atoms with van der Waals surface area (Å²) in [4.78, 5) is 26.8. The molecule has 5 nitrogen and oxygen atoms in total. The summed E-state index contributed by atoms with van der Waals surface area (Å²) in [6, 6.07) is 8.00. The second-order valence-corrected chi connectivity index (χ2v) is 7.23. The van der Waals surface area contributed by atoms with Gasteiger partial charge in [-0.1, -0.05) is 22.0 Å². The number of halogens is 1. The van der Waals surface area contributed by atoms with Gasteiger partial charge in [-0.25, -0.2) is 0 Å². The van der Waals surface area contributed by atoms with E-state index in [0.717, 1.165) is 29.5 Å². The Morgan fingerprint density at radius 3 is 2.96 bits per heavy atom. The Labute approximate surface area is 144 Å². The van der Waals surface area contributed by atoms with Crippen LogP contribution in [0, 0.1) is 5.92 Å². The van der Waals surface area contributed by atoms with Gasteiger partial charge in [-0.15, -0.1) is 0 Å². The zero-order chi connectivity index (χ0) is 16.4. The standard InChI is InChI=1S/C17H22BrN3O2/c1-11-15(6-3-8-19-11)20-16(22)14-7-9-21(17(14)23)13-5-2-4-12(18)10-13/h2,4-5,10-11,14-15,19H,3,6-9H2,1H3,(H,20,22). The summed E-state index contributed by atoms with van der Waals surface area (Å²) >= 11 is 3.42. The lowest BCUT2D eigenvalue weighted by Crippen LogP contribution is -2.53. The third kappa shape index (κ3) is 3.58. The van der Waals surface area contributed by atoms with E-state index < -0.39 is 5.92 Å². The maximum atomic E-state index is 12.6. The highest BCUT2D eigenvalue weighted by atomic mass is 79.9. The van der Waals surface area contributed by atoms with Crippen molar-refractivity contribution >= 4 is 33.4 Å². The van der Waals surface area contributed by atoms with E-state index in [4.69, 9.17) is 0 Å². The number of anilines is 1. The Hall–Kier alpha value is -1.40. The summed E-state index contributed by atoms with van der Waals surface area (Å²) in [5, 5.41) is 6.43. The van der Waals surface area contributed by atoms with E-state index in [2.05, 4.69) is 33.5 Å². The molecule has 0 spiro atoms. The molecule has 3 rings (SSSR count). The van der Waals surface area contributed by atoms with E-state index >= 15 is 0 Å². The third-order valence-corrected chi connectivity index (χ3v) is 5.22. The van der Waals surface area contributed by atoms with E-state index in [9.17, 15) is 9.59 Å². The largest absolute Gasteiger partial charge is 0.351 e. The molecule has 2 fully saturated rings. The summed E-state index contributed by atoms with van der Waals surface area (Å²) in [5.74, 6) is -0.798. The van der Waals surface area contributed by atoms with Crippen molar-refractivity contribution < 1.29 is 9.59 Å². The quantitative estimate of drug-likeness (QED) is 0.790. The fourth-order valence-corrected chi connectivity index (χ4v) is 3.74. The van der Waals surface area contributed by atoms with Crippen molar-refractivity contribution in [2.75, 3.05) is 18.0 Å². The number of hydrogen-bond acceptors (Lipinski definition) is 3. The van der Waals surface area contributed by atoms with Gasteiger partial charge in [-0.05, 0) is 50.9 Å². The summed E-state index contributed by atoms with van der Waals surface area (Å²) in [6.07, 6.45) is 2.60. The van der Waals surface area contributed by atoms with Crippen molar-refractivity contribution in [3.8, 4) is 0 Å². The average Bonchev–Trinajstić information content (AvgIpc) is 2.91. The second kappa shape index (κ2) is 7.01. The molecule has 2 saturated heterocycles. The fourth-order valence-electron chi connectivity index (χ4n) is 3.35. The minimum atomic E-state index is -0.567. The van der Waals surface area contributed by atoms with Gasteiger partial charge in [0, 0.05) is 28.8 Å². The number of nitrogens with one attached hydrogen (secondary N) is 2. The molecule has 2 N–H and O–H groups in total. The Kier molecular flexibility index (Phi) is 5.02. The lowest BCUT2D eigenvalue weighted by atomic mass is 9.98. The van der Waals surface area contributed by atoms with Crippen LogP contribution in [0.25, 0.3) is 0 Å². The van der Waals surface area contributed by atoms with Crippen molar-refractivity contribution in [3.63, 3.8) is 0 Å². The number of hydrogen-bond donors (Lipinski definition) is 2. The molecular formula is C17H22BrN3O2. The van der Waals surface area contributed by atoms with E-state index in [1.54, 1.807) is 4.90 Å². The van der Waals surface area contributed by atoms with Crippen LogP contribution < -0.4 is 15.5 Å². The molecule has 3 atom stereocenters. The van der Waals surface area contributed by atoms with Crippen LogP contribution in [-0.2, 0) is 9.59 Å². The molecule has 2 aliphatic heterocycles. The van der Waals surface area contributed by atoms with E-state index in [1.165, 1.54) is 0 Å². The molecule has 0 aliphatic carbocycles. The molecule has 0 bridgehead atoms. The first-order chi connectivity index (χ1) is 11.1. The van der Waals surface area contributed by atoms with Crippen molar-refractivity contribution in [2.45, 2.75) is 38.3 Å². The molecule has 3 unspecified atom stereocenters. The highest BCUT2D eigenvalue weighted by molar-refractivity contribution is 9.10. The van der Waals surface area contributed by atoms with Gasteiger partial charge in [0.2, 0.25) is 11.8 Å². The predicted molar refractivity (Wildman–Crippen MR) is 93.2 cm³/mol. The maximum absolute atomic E-state index is 12.6. The van der Waals surface area contributed by atoms with Crippen molar-refractivity contribution in [1.82, 2.24) is 10.6 Å². The van der Waals surface area contributed by atoms with E-state index in [0.29, 0.717) is 13.0 Å². The van der Waals surface area contributed by atoms with Crippen LogP contribution in [0.15, 0.2) is 28.7 Å². The van der Waals surface area contributed by atoms with Crippen molar-refractivity contribution in [2.24, 2.45) is 5.92 Å². The summed E-state index contributed by atoms with van der Waals surface area (Å²) < 4.78 is 0.929. The Morgan fingerprint density at radius 2 is 2.22 bits per heavy atom. The molecule has 0 aromatic heterocycles. The number of carbonyl (C=O) groups is 2. The third-order valence-electron chi connectivity index (χ3n) is 4.73. The number of nitrogens with zero attached hydrogens (tertiary/aromatic N) is 1. The summed E-state index contributed by atoms with van der Waals surface area (Å²) in [6.45, 7) is 3.66. The van der Waals surface area contributed by atoms with Gasteiger partial charge in [0.15, 0.2) is 0 Å². The molecule has 0 radical (unpaired) electrons. The number of benzene rings is 1. The van der Waals surface area contributed by atoms with Crippen LogP contribution in [0.3, 0.4) is 0 Å². The molecule has 0 saturated carbocycles. The molecule has 6 heteroatoms. The molecule has 124 valence electrons. The van der Waals surface area contributed by atoms with Crippen molar-refractivity contribution in [3.05, 3.63) is 28.7 Å². The topological polar surface area (TPSA) is 61.4 Å². The maximum Gasteiger partial charge on any atom is 0.239 e. The SMILES string of the molecule is CC1NCCCC1NC(=O)C1CCN(c2cccc(Br)c2)C1=O. The van der Waals surface area contributed by atoms with Gasteiger partial charge in [0.05, 0.1) is 0 Å². The number of rotatable bonds is 3. The monoisotopic (exact) mass is 379 g/mol. The zero-order valence-electron chi connectivity index (χ0n) is 13.2. The molecule has 2 aliphatic rings. The predicted octanol–water partition coefficient (Wildman–Crippen LogP) is 2.06. The van der Waals surface area contributed by atoms with Crippen molar-refractivity contribution in [1.29, 1.82) is 0 Å². The van der Waals surface area contributed by atoms with Gasteiger partial charge in [-0.2, -0.15) is 0 Å². The first-order valence-electron chi connectivity index (χ1n) is 8.17. The van der Waals surface area contributed by atoms with Gasteiger partial charge >= 0.3 is 0 Å². The first-order valence-corrected chi connectivity index (χ1v) is 8.96. The zero-order valence-corrected chi connectivity index (χ0v) is 14.8. The molecule has 1 aromatic carbocycles. The average molecular weight is 380 g/mol. The fraction of sp³-hybridized carbons (Fsp3) is 0.529. The first kappa shape index (κ1) is 16.5. The Balaban J connectivity index is 1.65. The van der Waals surface area contributed by atoms with Gasteiger partial charge < -0.3 is 15.5 Å². The molecule has 2 heterocycles. The van der Waals surface area contributed by atoms with E-state index in [1.807, 2.05) is 24.3 Å². The minimum Gasteiger partial charge on any atom is -0.351 e.